The van der Waals surface area contributed by atoms with Crippen molar-refractivity contribution in [2.75, 3.05) is 5.88 Å². The number of benzene rings is 2. The first-order chi connectivity index (χ1) is 7.81. The monoisotopic (exact) mass is 231 g/mol. The number of aromatic hydroxyl groups is 1. The molecule has 0 saturated carbocycles. The van der Waals surface area contributed by atoms with Crippen LogP contribution in [0.25, 0.3) is 10.8 Å². The summed E-state index contributed by atoms with van der Waals surface area (Å²) in [6.07, 6.45) is 1.85. The number of aliphatic imine (C=N–C) groups is 1. The molecule has 0 bridgehead atoms. The Labute approximate surface area is 98.2 Å². The van der Waals surface area contributed by atoms with E-state index in [1.807, 2.05) is 30.5 Å². The minimum Gasteiger partial charge on any atom is -0.507 e. The summed E-state index contributed by atoms with van der Waals surface area (Å²) in [5.74, 6) is 0.953. The molecule has 0 unspecified atom stereocenters. The van der Waals surface area contributed by atoms with Gasteiger partial charge in [-0.05, 0) is 10.9 Å². The van der Waals surface area contributed by atoms with Crippen LogP contribution in [0.1, 0.15) is 11.5 Å². The molecule has 2 aromatic rings. The van der Waals surface area contributed by atoms with E-state index in [0.717, 1.165) is 22.0 Å². The second-order valence-corrected chi connectivity index (χ2v) is 4.22. The molecule has 0 amide bonds. The Kier molecular flexibility index (Phi) is 2.11. The lowest BCUT2D eigenvalue weighted by atomic mass is 9.95. The Hall–Kier alpha value is -1.54. The Balaban J connectivity index is 2.40. The first-order valence-corrected chi connectivity index (χ1v) is 5.69. The Morgan fingerprint density at radius 2 is 2.00 bits per heavy atom. The van der Waals surface area contributed by atoms with Gasteiger partial charge in [-0.2, -0.15) is 0 Å². The summed E-state index contributed by atoms with van der Waals surface area (Å²) < 4.78 is 0. The molecule has 16 heavy (non-hydrogen) atoms. The van der Waals surface area contributed by atoms with Gasteiger partial charge in [-0.15, -0.1) is 11.6 Å². The van der Waals surface area contributed by atoms with Crippen LogP contribution in [0, 0.1) is 0 Å². The molecule has 0 aliphatic carbocycles. The van der Waals surface area contributed by atoms with Crippen LogP contribution in [0.5, 0.6) is 5.75 Å². The van der Waals surface area contributed by atoms with E-state index in [1.54, 1.807) is 6.07 Å². The van der Waals surface area contributed by atoms with Crippen LogP contribution in [0.4, 0.5) is 5.69 Å². The third kappa shape index (κ3) is 1.23. The van der Waals surface area contributed by atoms with Gasteiger partial charge < -0.3 is 5.11 Å². The molecule has 80 valence electrons. The topological polar surface area (TPSA) is 32.6 Å². The van der Waals surface area contributed by atoms with Crippen molar-refractivity contribution in [2.45, 2.75) is 5.92 Å². The quantitative estimate of drug-likeness (QED) is 0.748. The van der Waals surface area contributed by atoms with E-state index in [9.17, 15) is 5.11 Å². The predicted octanol–water partition coefficient (Wildman–Crippen LogP) is 3.58. The van der Waals surface area contributed by atoms with Crippen molar-refractivity contribution < 1.29 is 5.11 Å². The molecular weight excluding hydrogens is 222 g/mol. The van der Waals surface area contributed by atoms with Gasteiger partial charge in [0, 0.05) is 29.5 Å². The fourth-order valence-corrected chi connectivity index (χ4v) is 2.46. The number of alkyl halides is 1. The number of fused-ring (bicyclic) bond motifs is 3. The fraction of sp³-hybridized carbons (Fsp3) is 0.154. The SMILES string of the molecule is Oc1cc2c(c3ccccc13)[C@H](CCl)C=N2. The maximum Gasteiger partial charge on any atom is 0.125 e. The van der Waals surface area contributed by atoms with Crippen LogP contribution in [-0.2, 0) is 0 Å². The summed E-state index contributed by atoms with van der Waals surface area (Å²) in [6, 6.07) is 9.50. The van der Waals surface area contributed by atoms with Crippen molar-refractivity contribution >= 4 is 34.3 Å². The number of phenols is 1. The first-order valence-electron chi connectivity index (χ1n) is 5.16. The van der Waals surface area contributed by atoms with E-state index in [1.165, 1.54) is 0 Å². The highest BCUT2D eigenvalue weighted by Gasteiger charge is 2.22. The van der Waals surface area contributed by atoms with Crippen molar-refractivity contribution in [3.05, 3.63) is 35.9 Å². The molecule has 0 aromatic heterocycles. The number of hydrogen-bond donors (Lipinski definition) is 1. The number of phenolic OH excluding ortho intramolecular Hbond substituents is 1. The molecule has 0 spiro atoms. The summed E-state index contributed by atoms with van der Waals surface area (Å²) in [7, 11) is 0. The van der Waals surface area contributed by atoms with E-state index in [2.05, 4.69) is 4.99 Å². The predicted molar refractivity (Wildman–Crippen MR) is 67.2 cm³/mol. The second-order valence-electron chi connectivity index (χ2n) is 3.91. The lowest BCUT2D eigenvalue weighted by Crippen LogP contribution is -1.98. The van der Waals surface area contributed by atoms with Gasteiger partial charge >= 0.3 is 0 Å². The maximum absolute atomic E-state index is 9.89. The van der Waals surface area contributed by atoms with Crippen LogP contribution in [0.3, 0.4) is 0 Å². The highest BCUT2D eigenvalue weighted by atomic mass is 35.5. The van der Waals surface area contributed by atoms with E-state index < -0.39 is 0 Å². The van der Waals surface area contributed by atoms with Gasteiger partial charge in [-0.1, -0.05) is 24.3 Å². The van der Waals surface area contributed by atoms with Crippen LogP contribution >= 0.6 is 11.6 Å². The van der Waals surface area contributed by atoms with Crippen molar-refractivity contribution in [1.82, 2.24) is 0 Å². The highest BCUT2D eigenvalue weighted by molar-refractivity contribution is 6.20. The third-order valence-electron chi connectivity index (χ3n) is 2.97. The van der Waals surface area contributed by atoms with Crippen LogP contribution in [-0.4, -0.2) is 17.2 Å². The largest absolute Gasteiger partial charge is 0.507 e. The summed E-state index contributed by atoms with van der Waals surface area (Å²) in [6.45, 7) is 0. The van der Waals surface area contributed by atoms with Crippen LogP contribution < -0.4 is 0 Å². The van der Waals surface area contributed by atoms with Crippen LogP contribution in [0.15, 0.2) is 35.3 Å². The molecule has 0 radical (unpaired) electrons. The molecule has 1 heterocycles. The number of halogens is 1. The summed E-state index contributed by atoms with van der Waals surface area (Å²) in [5.41, 5.74) is 1.96. The average Bonchev–Trinajstić information content (AvgIpc) is 2.72. The Morgan fingerprint density at radius 1 is 1.25 bits per heavy atom. The summed E-state index contributed by atoms with van der Waals surface area (Å²) in [4.78, 5) is 4.29. The average molecular weight is 232 g/mol. The molecule has 1 N–H and O–H groups in total. The molecule has 0 fully saturated rings. The van der Waals surface area contributed by atoms with Gasteiger partial charge in [0.25, 0.3) is 0 Å². The minimum absolute atomic E-state index is 0.155. The number of nitrogens with zero attached hydrogens (tertiary/aromatic N) is 1. The third-order valence-corrected chi connectivity index (χ3v) is 3.31. The van der Waals surface area contributed by atoms with E-state index >= 15 is 0 Å². The molecule has 1 aliphatic heterocycles. The lowest BCUT2D eigenvalue weighted by molar-refractivity contribution is 0.482. The smallest absolute Gasteiger partial charge is 0.125 e. The molecule has 2 aromatic carbocycles. The van der Waals surface area contributed by atoms with E-state index in [4.69, 9.17) is 11.6 Å². The fourth-order valence-electron chi connectivity index (χ4n) is 2.22. The zero-order chi connectivity index (χ0) is 11.1. The number of hydrogen-bond acceptors (Lipinski definition) is 2. The van der Waals surface area contributed by atoms with Gasteiger partial charge in [-0.3, -0.25) is 4.99 Å². The summed E-state index contributed by atoms with van der Waals surface area (Å²) in [5, 5.41) is 11.8. The van der Waals surface area contributed by atoms with Crippen molar-refractivity contribution in [3.8, 4) is 5.75 Å². The van der Waals surface area contributed by atoms with Crippen LogP contribution in [0.2, 0.25) is 0 Å². The van der Waals surface area contributed by atoms with Crippen molar-refractivity contribution in [3.63, 3.8) is 0 Å². The molecule has 2 nitrogen and oxygen atoms in total. The summed E-state index contributed by atoms with van der Waals surface area (Å²) >= 11 is 5.92. The second kappa shape index (κ2) is 3.49. The molecule has 1 aliphatic rings. The standard InChI is InChI=1S/C13H10ClNO/c14-6-8-7-15-11-5-12(16)9-3-1-2-4-10(9)13(8)11/h1-5,7-8,16H,6H2/t8-/m1/s1. The Bertz CT molecular complexity index is 592. The molecule has 3 heteroatoms. The molecule has 0 saturated heterocycles. The number of rotatable bonds is 1. The van der Waals surface area contributed by atoms with Gasteiger partial charge in [0.2, 0.25) is 0 Å². The van der Waals surface area contributed by atoms with Gasteiger partial charge in [0.1, 0.15) is 5.75 Å². The van der Waals surface area contributed by atoms with Gasteiger partial charge in [-0.25, -0.2) is 0 Å². The zero-order valence-electron chi connectivity index (χ0n) is 8.52. The normalized spacial score (nSPS) is 17.9. The molecular formula is C13H10ClNO. The Morgan fingerprint density at radius 3 is 2.75 bits per heavy atom. The first kappa shape index (κ1) is 9.67. The zero-order valence-corrected chi connectivity index (χ0v) is 9.28. The van der Waals surface area contributed by atoms with Crippen molar-refractivity contribution in [2.24, 2.45) is 4.99 Å². The lowest BCUT2D eigenvalue weighted by Gasteiger charge is -2.10. The van der Waals surface area contributed by atoms with Gasteiger partial charge in [0.15, 0.2) is 0 Å². The molecule has 3 rings (SSSR count). The van der Waals surface area contributed by atoms with Gasteiger partial charge in [0.05, 0.1) is 5.69 Å². The molecule has 1 atom stereocenters. The van der Waals surface area contributed by atoms with E-state index in [-0.39, 0.29) is 11.7 Å². The highest BCUT2D eigenvalue weighted by Crippen LogP contribution is 2.42. The van der Waals surface area contributed by atoms with E-state index in [0.29, 0.717) is 5.88 Å². The van der Waals surface area contributed by atoms with Crippen molar-refractivity contribution in [1.29, 1.82) is 0 Å². The minimum atomic E-state index is 0.155. The maximum atomic E-state index is 9.89.